The fourth-order valence-electron chi connectivity index (χ4n) is 0.0884. The molecule has 0 aromatic rings. The van der Waals surface area contributed by atoms with Crippen molar-refractivity contribution >= 4 is 0 Å². The SMILES string of the molecule is [2H]C([2H])=C([2H])C([2H])([2H])CC. The van der Waals surface area contributed by atoms with Gasteiger partial charge in [-0.1, -0.05) is 19.4 Å². The zero-order valence-corrected chi connectivity index (χ0v) is 3.21. The van der Waals surface area contributed by atoms with Gasteiger partial charge in [0.05, 0.1) is 4.11 Å². The Kier molecular flexibility index (Phi) is 0.649. The molecule has 0 N–H and O–H groups in total. The van der Waals surface area contributed by atoms with Gasteiger partial charge in [0, 0.05) is 2.74 Å². The molecule has 0 saturated carbocycles. The van der Waals surface area contributed by atoms with E-state index in [0.29, 0.717) is 0 Å². The maximum absolute atomic E-state index is 7.09. The van der Waals surface area contributed by atoms with E-state index in [1.165, 1.54) is 0 Å². The molecule has 0 aliphatic carbocycles. The summed E-state index contributed by atoms with van der Waals surface area (Å²) < 4.78 is 34.5. The van der Waals surface area contributed by atoms with E-state index in [0.717, 1.165) is 0 Å². The van der Waals surface area contributed by atoms with Crippen LogP contribution >= 0.6 is 0 Å². The topological polar surface area (TPSA) is 0 Å². The molecule has 0 rings (SSSR count). The van der Waals surface area contributed by atoms with Gasteiger partial charge >= 0.3 is 0 Å². The van der Waals surface area contributed by atoms with Crippen LogP contribution in [0.25, 0.3) is 0 Å². The molecule has 0 fully saturated rings. The van der Waals surface area contributed by atoms with E-state index in [1.54, 1.807) is 6.92 Å². The van der Waals surface area contributed by atoms with Gasteiger partial charge in [-0.15, -0.1) is 6.53 Å². The zero-order valence-electron chi connectivity index (χ0n) is 8.21. The minimum Gasteiger partial charge on any atom is -0.103 e. The van der Waals surface area contributed by atoms with Crippen LogP contribution in [0.4, 0.5) is 0 Å². The van der Waals surface area contributed by atoms with Crippen LogP contribution in [0.2, 0.25) is 0 Å². The van der Waals surface area contributed by atoms with Crippen LogP contribution in [0.1, 0.15) is 26.6 Å². The second-order valence-electron chi connectivity index (χ2n) is 0.655. The Bertz CT molecular complexity index is 144. The summed E-state index contributed by atoms with van der Waals surface area (Å²) in [5.41, 5.74) is 0. The summed E-state index contributed by atoms with van der Waals surface area (Å²) in [6.07, 6.45) is -1.67. The van der Waals surface area contributed by atoms with Gasteiger partial charge in [-0.2, -0.15) is 0 Å². The second kappa shape index (κ2) is 3.74. The monoisotopic (exact) mass is 75.1 g/mol. The molecule has 0 aromatic carbocycles. The van der Waals surface area contributed by atoms with Crippen molar-refractivity contribution in [1.29, 1.82) is 0 Å². The van der Waals surface area contributed by atoms with Gasteiger partial charge in [-0.25, -0.2) is 0 Å². The molecule has 0 unspecified atom stereocenters. The Morgan fingerprint density at radius 1 is 2.60 bits per heavy atom. The molecule has 0 heteroatoms. The highest BCUT2D eigenvalue weighted by atomic mass is 13.7. The van der Waals surface area contributed by atoms with Crippen molar-refractivity contribution in [3.8, 4) is 0 Å². The lowest BCUT2D eigenvalue weighted by atomic mass is 10.3. The largest absolute Gasteiger partial charge is 0.103 e. The average Bonchev–Trinajstić information content (AvgIpc) is 1.86. The Balaban J connectivity index is 4.49. The summed E-state index contributed by atoms with van der Waals surface area (Å²) in [6, 6.07) is -0.546. The summed E-state index contributed by atoms with van der Waals surface area (Å²) in [5.74, 6) is 0. The summed E-state index contributed by atoms with van der Waals surface area (Å²) in [6.45, 7) is 0.837. The molecule has 5 heavy (non-hydrogen) atoms. The quantitative estimate of drug-likeness (QED) is 0.440. The van der Waals surface area contributed by atoms with Gasteiger partial charge in [0.1, 0.15) is 0 Å². The molecular weight excluding hydrogens is 60.1 g/mol. The van der Waals surface area contributed by atoms with Gasteiger partial charge in [-0.3, -0.25) is 0 Å². The highest BCUT2D eigenvalue weighted by Gasteiger charge is 1.61. The van der Waals surface area contributed by atoms with Gasteiger partial charge in [0.15, 0.2) is 0 Å². The first-order valence-corrected chi connectivity index (χ1v) is 1.56. The smallest absolute Gasteiger partial charge is 0.0570 e. The van der Waals surface area contributed by atoms with Crippen molar-refractivity contribution in [2.75, 3.05) is 0 Å². The molecule has 0 amide bonds. The molecule has 0 spiro atoms. The Morgan fingerprint density at radius 3 is 3.60 bits per heavy atom. The van der Waals surface area contributed by atoms with Crippen LogP contribution in [-0.2, 0) is 0 Å². The predicted molar refractivity (Wildman–Crippen MR) is 25.1 cm³/mol. The zero-order chi connectivity index (χ0) is 8.36. The first-order valence-electron chi connectivity index (χ1n) is 4.06. The van der Waals surface area contributed by atoms with E-state index in [9.17, 15) is 0 Å². The van der Waals surface area contributed by atoms with Crippen LogP contribution in [0, 0.1) is 0 Å². The third kappa shape index (κ3) is 3.74. The summed E-state index contributed by atoms with van der Waals surface area (Å²) in [5, 5.41) is 0. The van der Waals surface area contributed by atoms with E-state index < -0.39 is 19.0 Å². The molecule has 0 bridgehead atoms. The first-order chi connectivity index (χ1) is 4.41. The van der Waals surface area contributed by atoms with Gasteiger partial charge in [0.25, 0.3) is 0 Å². The highest BCUT2D eigenvalue weighted by Crippen LogP contribution is 1.82. The molecule has 0 aliphatic heterocycles. The lowest BCUT2D eigenvalue weighted by molar-refractivity contribution is 0.961. The Morgan fingerprint density at radius 2 is 3.40 bits per heavy atom. The minimum absolute atomic E-state index is 0.132. The molecule has 0 atom stereocenters. The number of hydrogen-bond acceptors (Lipinski definition) is 0. The van der Waals surface area contributed by atoms with E-state index in [-0.39, 0.29) is 6.42 Å². The Labute approximate surface area is 40.5 Å². The molecule has 0 heterocycles. The number of rotatable bonds is 2. The van der Waals surface area contributed by atoms with E-state index in [2.05, 4.69) is 0 Å². The fourth-order valence-corrected chi connectivity index (χ4v) is 0.0884. The summed E-state index contributed by atoms with van der Waals surface area (Å²) in [7, 11) is 0. The van der Waals surface area contributed by atoms with Crippen molar-refractivity contribution < 1.29 is 6.85 Å². The van der Waals surface area contributed by atoms with Crippen LogP contribution in [0.5, 0.6) is 0 Å². The van der Waals surface area contributed by atoms with E-state index in [4.69, 9.17) is 6.85 Å². The molecular formula is C5H10. The molecule has 0 aliphatic rings. The Hall–Kier alpha value is -0.260. The van der Waals surface area contributed by atoms with Crippen molar-refractivity contribution in [3.63, 3.8) is 0 Å². The lowest BCUT2D eigenvalue weighted by Crippen LogP contribution is -1.52. The number of hydrogen-bond donors (Lipinski definition) is 0. The summed E-state index contributed by atoms with van der Waals surface area (Å²) in [4.78, 5) is 0. The maximum Gasteiger partial charge on any atom is 0.0570 e. The van der Waals surface area contributed by atoms with E-state index in [1.807, 2.05) is 0 Å². The highest BCUT2D eigenvalue weighted by molar-refractivity contribution is 4.63. The normalized spacial score (nSPS) is 23.8. The molecule has 30 valence electrons. The second-order valence-corrected chi connectivity index (χ2v) is 0.655. The number of allylic oxidation sites excluding steroid dienone is 1. The minimum atomic E-state index is -1.81. The molecule has 0 saturated heterocycles. The maximum atomic E-state index is 7.09. The van der Waals surface area contributed by atoms with Crippen molar-refractivity contribution in [2.24, 2.45) is 0 Å². The van der Waals surface area contributed by atoms with Crippen LogP contribution in [0.15, 0.2) is 12.6 Å². The fraction of sp³-hybridized carbons (Fsp3) is 0.600. The van der Waals surface area contributed by atoms with E-state index >= 15 is 0 Å². The standard InChI is InChI=1S/C5H10/c1-3-5-4-2/h3H,1,4-5H2,2H3/i1D2,3D,5D2. The van der Waals surface area contributed by atoms with Gasteiger partial charge in [-0.05, 0) is 6.37 Å². The summed E-state index contributed by atoms with van der Waals surface area (Å²) >= 11 is 0. The first kappa shape index (κ1) is 0.868. The lowest BCUT2D eigenvalue weighted by Gasteiger charge is -1.72. The van der Waals surface area contributed by atoms with Crippen molar-refractivity contribution in [2.45, 2.75) is 19.7 Å². The molecule has 0 aromatic heterocycles. The van der Waals surface area contributed by atoms with Crippen LogP contribution in [0.3, 0.4) is 0 Å². The molecule has 0 nitrogen and oxygen atoms in total. The average molecular weight is 75.2 g/mol. The molecule has 0 radical (unpaired) electrons. The third-order valence-corrected chi connectivity index (χ3v) is 0.265. The van der Waals surface area contributed by atoms with Crippen LogP contribution < -0.4 is 0 Å². The van der Waals surface area contributed by atoms with Gasteiger partial charge < -0.3 is 0 Å². The van der Waals surface area contributed by atoms with Gasteiger partial charge in [0.2, 0.25) is 0 Å². The third-order valence-electron chi connectivity index (χ3n) is 0.265. The van der Waals surface area contributed by atoms with Crippen LogP contribution in [-0.4, -0.2) is 0 Å². The predicted octanol–water partition coefficient (Wildman–Crippen LogP) is 1.97. The van der Waals surface area contributed by atoms with Crippen molar-refractivity contribution in [1.82, 2.24) is 0 Å². The van der Waals surface area contributed by atoms with Crippen molar-refractivity contribution in [3.05, 3.63) is 12.6 Å².